The van der Waals surface area contributed by atoms with Gasteiger partial charge >= 0.3 is 11.7 Å². The molecule has 7 nitrogen and oxygen atoms in total. The van der Waals surface area contributed by atoms with Gasteiger partial charge in [0.2, 0.25) is 0 Å². The first-order chi connectivity index (χ1) is 9.57. The van der Waals surface area contributed by atoms with Gasteiger partial charge in [-0.3, -0.25) is 10.1 Å². The number of anilines is 1. The molecule has 0 aliphatic rings. The Balaban J connectivity index is 2.70. The van der Waals surface area contributed by atoms with Crippen LogP contribution in [0.3, 0.4) is 0 Å². The minimum atomic E-state index is -1.33. The zero-order chi connectivity index (χ0) is 15.0. The zero-order valence-electron chi connectivity index (χ0n) is 10.9. The summed E-state index contributed by atoms with van der Waals surface area (Å²) >= 11 is 0. The maximum absolute atomic E-state index is 11.0. The third-order valence-electron chi connectivity index (χ3n) is 2.48. The Morgan fingerprint density at radius 3 is 2.85 bits per heavy atom. The molecule has 0 aromatic heterocycles. The van der Waals surface area contributed by atoms with E-state index in [1.807, 2.05) is 0 Å². The molecule has 20 heavy (non-hydrogen) atoms. The van der Waals surface area contributed by atoms with Crippen molar-refractivity contribution >= 4 is 17.3 Å². The number of benzene rings is 1. The molecule has 1 aromatic carbocycles. The average Bonchev–Trinajstić information content (AvgIpc) is 2.42. The van der Waals surface area contributed by atoms with Crippen LogP contribution in [0.1, 0.15) is 16.8 Å². The fourth-order valence-corrected chi connectivity index (χ4v) is 1.58. The highest BCUT2D eigenvalue weighted by Gasteiger charge is 2.23. The number of aromatic carboxylic acids is 1. The summed E-state index contributed by atoms with van der Waals surface area (Å²) < 4.78 is 5.25. The fourth-order valence-electron chi connectivity index (χ4n) is 1.58. The minimum absolute atomic E-state index is 0.169. The monoisotopic (exact) mass is 280 g/mol. The number of nitro groups is 1. The van der Waals surface area contributed by atoms with E-state index >= 15 is 0 Å². The lowest BCUT2D eigenvalue weighted by Gasteiger charge is -2.08. The molecule has 1 aromatic rings. The van der Waals surface area contributed by atoms with Crippen molar-refractivity contribution in [3.8, 4) is 0 Å². The first-order valence-electron chi connectivity index (χ1n) is 6.01. The van der Waals surface area contributed by atoms with Crippen LogP contribution in [-0.4, -0.2) is 35.8 Å². The quantitative estimate of drug-likeness (QED) is 0.311. The molecule has 0 heterocycles. The number of rotatable bonds is 9. The summed E-state index contributed by atoms with van der Waals surface area (Å²) in [5, 5.41) is 22.7. The van der Waals surface area contributed by atoms with Crippen LogP contribution in [0.15, 0.2) is 30.9 Å². The van der Waals surface area contributed by atoms with E-state index in [-0.39, 0.29) is 11.3 Å². The number of para-hydroxylation sites is 1. The maximum atomic E-state index is 11.0. The number of hydrogen-bond acceptors (Lipinski definition) is 5. The second-order valence-electron chi connectivity index (χ2n) is 3.88. The van der Waals surface area contributed by atoms with Crippen molar-refractivity contribution in [3.05, 3.63) is 46.5 Å². The van der Waals surface area contributed by atoms with Crippen LogP contribution < -0.4 is 5.32 Å². The minimum Gasteiger partial charge on any atom is -0.477 e. The van der Waals surface area contributed by atoms with Gasteiger partial charge in [0.25, 0.3) is 0 Å². The van der Waals surface area contributed by atoms with E-state index in [2.05, 4.69) is 11.9 Å². The SMILES string of the molecule is C=CCCOCCNc1cccc(C(=O)O)c1[N+](=O)[O-]. The lowest BCUT2D eigenvalue weighted by Crippen LogP contribution is -2.12. The molecule has 0 bridgehead atoms. The molecular formula is C13H16N2O5. The standard InChI is InChI=1S/C13H16N2O5/c1-2-3-8-20-9-7-14-11-6-4-5-10(13(16)17)12(11)15(18)19/h2,4-6,14H,1,3,7-9H2,(H,16,17). The third kappa shape index (κ3) is 4.36. The molecule has 0 fully saturated rings. The molecule has 1 rings (SSSR count). The van der Waals surface area contributed by atoms with E-state index in [0.717, 1.165) is 6.42 Å². The molecule has 0 saturated heterocycles. The van der Waals surface area contributed by atoms with Crippen molar-refractivity contribution < 1.29 is 19.6 Å². The van der Waals surface area contributed by atoms with Gasteiger partial charge in [-0.25, -0.2) is 4.79 Å². The van der Waals surface area contributed by atoms with Gasteiger partial charge < -0.3 is 15.2 Å². The largest absolute Gasteiger partial charge is 0.477 e. The van der Waals surface area contributed by atoms with Crippen LogP contribution in [0.2, 0.25) is 0 Å². The molecule has 0 aliphatic carbocycles. The van der Waals surface area contributed by atoms with E-state index in [9.17, 15) is 14.9 Å². The van der Waals surface area contributed by atoms with E-state index in [4.69, 9.17) is 9.84 Å². The highest BCUT2D eigenvalue weighted by atomic mass is 16.6. The molecule has 0 amide bonds. The maximum Gasteiger partial charge on any atom is 0.342 e. The topological polar surface area (TPSA) is 102 Å². The lowest BCUT2D eigenvalue weighted by molar-refractivity contribution is -0.384. The Morgan fingerprint density at radius 1 is 1.50 bits per heavy atom. The van der Waals surface area contributed by atoms with E-state index in [0.29, 0.717) is 19.8 Å². The van der Waals surface area contributed by atoms with E-state index in [1.54, 1.807) is 6.08 Å². The van der Waals surface area contributed by atoms with Crippen LogP contribution in [0, 0.1) is 10.1 Å². The van der Waals surface area contributed by atoms with Crippen molar-refractivity contribution in [2.24, 2.45) is 0 Å². The zero-order valence-corrected chi connectivity index (χ0v) is 10.9. The molecule has 2 N–H and O–H groups in total. The Hall–Kier alpha value is -2.41. The van der Waals surface area contributed by atoms with Crippen molar-refractivity contribution in [2.75, 3.05) is 25.1 Å². The van der Waals surface area contributed by atoms with Gasteiger partial charge in [0.05, 0.1) is 18.1 Å². The van der Waals surface area contributed by atoms with Crippen LogP contribution in [0.25, 0.3) is 0 Å². The number of carbonyl (C=O) groups is 1. The predicted molar refractivity (Wildman–Crippen MR) is 74.2 cm³/mol. The second-order valence-corrected chi connectivity index (χ2v) is 3.88. The smallest absolute Gasteiger partial charge is 0.342 e. The summed E-state index contributed by atoms with van der Waals surface area (Å²) in [6.07, 6.45) is 2.46. The number of hydrogen-bond donors (Lipinski definition) is 2. The number of nitrogens with one attached hydrogen (secondary N) is 1. The third-order valence-corrected chi connectivity index (χ3v) is 2.48. The molecule has 0 saturated carbocycles. The Labute approximate surface area is 116 Å². The molecule has 108 valence electrons. The van der Waals surface area contributed by atoms with Crippen molar-refractivity contribution in [2.45, 2.75) is 6.42 Å². The van der Waals surface area contributed by atoms with Gasteiger partial charge in [-0.2, -0.15) is 0 Å². The van der Waals surface area contributed by atoms with Gasteiger partial charge in [0, 0.05) is 6.54 Å². The number of carboxylic acids is 1. The summed E-state index contributed by atoms with van der Waals surface area (Å²) in [6.45, 7) is 4.80. The normalized spacial score (nSPS) is 10.0. The first-order valence-corrected chi connectivity index (χ1v) is 6.01. The number of nitro benzene ring substituents is 1. The predicted octanol–water partition coefficient (Wildman–Crippen LogP) is 2.30. The molecule has 0 radical (unpaired) electrons. The van der Waals surface area contributed by atoms with Gasteiger partial charge in [-0.1, -0.05) is 12.1 Å². The Kier molecular flexibility index (Phi) is 6.18. The second kappa shape index (κ2) is 7.90. The molecule has 7 heteroatoms. The molecule has 0 atom stereocenters. The Morgan fingerprint density at radius 2 is 2.25 bits per heavy atom. The molecule has 0 unspecified atom stereocenters. The van der Waals surface area contributed by atoms with Gasteiger partial charge in [0.1, 0.15) is 11.3 Å². The van der Waals surface area contributed by atoms with Crippen molar-refractivity contribution in [1.29, 1.82) is 0 Å². The molecule has 0 aliphatic heterocycles. The number of ether oxygens (including phenoxy) is 1. The summed E-state index contributed by atoms with van der Waals surface area (Å²) in [4.78, 5) is 21.2. The van der Waals surface area contributed by atoms with Crippen LogP contribution in [0.4, 0.5) is 11.4 Å². The van der Waals surface area contributed by atoms with Crippen LogP contribution >= 0.6 is 0 Å². The lowest BCUT2D eigenvalue weighted by atomic mass is 10.1. The number of carboxylic acid groups (broad SMARTS) is 1. The number of nitrogens with zero attached hydrogens (tertiary/aromatic N) is 1. The summed E-state index contributed by atoms with van der Waals surface area (Å²) in [6, 6.07) is 4.12. The fraction of sp³-hybridized carbons (Fsp3) is 0.308. The van der Waals surface area contributed by atoms with Gasteiger partial charge in [-0.15, -0.1) is 6.58 Å². The summed E-state index contributed by atoms with van der Waals surface area (Å²) in [5.41, 5.74) is -0.610. The van der Waals surface area contributed by atoms with E-state index < -0.39 is 16.6 Å². The summed E-state index contributed by atoms with van der Waals surface area (Å²) in [5.74, 6) is -1.33. The van der Waals surface area contributed by atoms with Gasteiger partial charge in [-0.05, 0) is 18.6 Å². The molecule has 0 spiro atoms. The van der Waals surface area contributed by atoms with Crippen molar-refractivity contribution in [1.82, 2.24) is 0 Å². The van der Waals surface area contributed by atoms with E-state index in [1.165, 1.54) is 18.2 Å². The van der Waals surface area contributed by atoms with Crippen molar-refractivity contribution in [3.63, 3.8) is 0 Å². The average molecular weight is 280 g/mol. The van der Waals surface area contributed by atoms with Crippen LogP contribution in [0.5, 0.6) is 0 Å². The van der Waals surface area contributed by atoms with Gasteiger partial charge in [0.15, 0.2) is 0 Å². The Bertz CT molecular complexity index is 502. The molecular weight excluding hydrogens is 264 g/mol. The summed E-state index contributed by atoms with van der Waals surface area (Å²) in [7, 11) is 0. The highest BCUT2D eigenvalue weighted by molar-refractivity contribution is 5.95. The van der Waals surface area contributed by atoms with Crippen LogP contribution in [-0.2, 0) is 4.74 Å². The first kappa shape index (κ1) is 15.6. The highest BCUT2D eigenvalue weighted by Crippen LogP contribution is 2.28.